The Kier molecular flexibility index (Phi) is 56.4. The molecule has 0 aromatic heterocycles. The van der Waals surface area contributed by atoms with Crippen LogP contribution in [0.1, 0.15) is 252 Å². The van der Waals surface area contributed by atoms with E-state index in [0.29, 0.717) is 19.3 Å². The van der Waals surface area contributed by atoms with Gasteiger partial charge in [0.2, 0.25) is 0 Å². The number of carbonyl (C=O) groups excluding carboxylic acids is 3. The Labute approximate surface area is 449 Å². The average molecular weight is 1010 g/mol. The van der Waals surface area contributed by atoms with Gasteiger partial charge in [0.05, 0.1) is 0 Å². The van der Waals surface area contributed by atoms with E-state index in [4.69, 9.17) is 14.2 Å². The van der Waals surface area contributed by atoms with Gasteiger partial charge in [-0.15, -0.1) is 0 Å². The van der Waals surface area contributed by atoms with E-state index >= 15 is 0 Å². The minimum Gasteiger partial charge on any atom is -0.462 e. The Morgan fingerprint density at radius 2 is 0.575 bits per heavy atom. The lowest BCUT2D eigenvalue weighted by Crippen LogP contribution is -2.30. The fourth-order valence-electron chi connectivity index (χ4n) is 7.76. The number of hydrogen-bond acceptors (Lipinski definition) is 6. The summed E-state index contributed by atoms with van der Waals surface area (Å²) in [6.45, 7) is 6.28. The molecule has 6 heteroatoms. The fourth-order valence-corrected chi connectivity index (χ4v) is 7.76. The third-order valence-electron chi connectivity index (χ3n) is 12.1. The van der Waals surface area contributed by atoms with E-state index in [1.54, 1.807) is 0 Å². The summed E-state index contributed by atoms with van der Waals surface area (Å²) in [4.78, 5) is 38.1. The van der Waals surface area contributed by atoms with Crippen molar-refractivity contribution in [2.45, 2.75) is 258 Å². The van der Waals surface area contributed by atoms with Crippen LogP contribution in [-0.4, -0.2) is 37.2 Å². The van der Waals surface area contributed by atoms with Crippen molar-refractivity contribution in [2.75, 3.05) is 13.2 Å². The second-order valence-electron chi connectivity index (χ2n) is 19.1. The maximum Gasteiger partial charge on any atom is 0.306 e. The van der Waals surface area contributed by atoms with E-state index in [0.717, 1.165) is 89.9 Å². The summed E-state index contributed by atoms with van der Waals surface area (Å²) in [6, 6.07) is 0. The van der Waals surface area contributed by atoms with Crippen molar-refractivity contribution < 1.29 is 28.6 Å². The summed E-state index contributed by atoms with van der Waals surface area (Å²) in [5.41, 5.74) is 0. The largest absolute Gasteiger partial charge is 0.462 e. The Morgan fingerprint density at radius 1 is 0.288 bits per heavy atom. The van der Waals surface area contributed by atoms with Gasteiger partial charge >= 0.3 is 17.9 Å². The molecule has 0 aliphatic carbocycles. The van der Waals surface area contributed by atoms with Crippen LogP contribution in [0.5, 0.6) is 0 Å². The molecule has 1 unspecified atom stereocenters. The van der Waals surface area contributed by atoms with Crippen LogP contribution in [0.25, 0.3) is 0 Å². The number of allylic oxidation sites excluding steroid dienone is 22. The highest BCUT2D eigenvalue weighted by Crippen LogP contribution is 2.15. The predicted octanol–water partition coefficient (Wildman–Crippen LogP) is 20.2. The van der Waals surface area contributed by atoms with Gasteiger partial charge in [0.1, 0.15) is 13.2 Å². The first-order chi connectivity index (χ1) is 36.0. The van der Waals surface area contributed by atoms with E-state index in [1.165, 1.54) is 109 Å². The van der Waals surface area contributed by atoms with Crippen molar-refractivity contribution in [1.29, 1.82) is 0 Å². The zero-order valence-corrected chi connectivity index (χ0v) is 47.1. The standard InChI is InChI=1S/C67H108O6/c1-4-7-10-13-16-19-22-25-27-29-30-31-32-33-34-35-36-38-39-42-45-48-51-54-57-60-66(69)72-63-64(62-71-65(68)59-56-53-50-47-44-41-24-21-18-15-12-9-6-3)73-67(70)61-58-55-52-49-46-43-40-37-28-26-23-20-17-14-11-8-5-2/h8-9,11-12,17-18,20-22,25-26,28-30,40-41,43-44,49-50,52-53,64H,4-7,10,13-16,19,23-24,27,31-39,42,45-48,51,54-63H2,1-3H3/b11-8-,12-9-,20-17-,21-18-,25-22-,28-26-,30-29-,43-40-,44-41-,52-49-,53-50-. The summed E-state index contributed by atoms with van der Waals surface area (Å²) in [6.07, 6.45) is 84.8. The van der Waals surface area contributed by atoms with Crippen molar-refractivity contribution in [3.8, 4) is 0 Å². The third kappa shape index (κ3) is 58.3. The molecule has 0 aromatic carbocycles. The van der Waals surface area contributed by atoms with Crippen molar-refractivity contribution in [3.05, 3.63) is 134 Å². The summed E-state index contributed by atoms with van der Waals surface area (Å²) in [5.74, 6) is -1.08. The van der Waals surface area contributed by atoms with Gasteiger partial charge in [0, 0.05) is 19.3 Å². The quantitative estimate of drug-likeness (QED) is 0.0261. The Balaban J connectivity index is 4.43. The van der Waals surface area contributed by atoms with Crippen molar-refractivity contribution >= 4 is 17.9 Å². The van der Waals surface area contributed by atoms with Gasteiger partial charge in [-0.25, -0.2) is 0 Å². The summed E-state index contributed by atoms with van der Waals surface area (Å²) >= 11 is 0. The van der Waals surface area contributed by atoms with Gasteiger partial charge in [0.15, 0.2) is 6.10 Å². The second-order valence-corrected chi connectivity index (χ2v) is 19.1. The molecule has 0 saturated heterocycles. The fraction of sp³-hybridized carbons (Fsp3) is 0.627. The van der Waals surface area contributed by atoms with E-state index < -0.39 is 6.10 Å². The topological polar surface area (TPSA) is 78.9 Å². The van der Waals surface area contributed by atoms with Gasteiger partial charge in [-0.1, -0.05) is 251 Å². The highest BCUT2D eigenvalue weighted by atomic mass is 16.6. The first-order valence-corrected chi connectivity index (χ1v) is 29.7. The minimum atomic E-state index is -0.842. The highest BCUT2D eigenvalue weighted by Gasteiger charge is 2.19. The zero-order chi connectivity index (χ0) is 52.9. The molecule has 1 atom stereocenters. The molecule has 0 radical (unpaired) electrons. The first kappa shape index (κ1) is 68.6. The number of hydrogen-bond donors (Lipinski definition) is 0. The van der Waals surface area contributed by atoms with Gasteiger partial charge in [-0.05, 0) is 116 Å². The molecule has 412 valence electrons. The molecule has 0 aliphatic heterocycles. The maximum absolute atomic E-state index is 12.8. The van der Waals surface area contributed by atoms with Crippen LogP contribution in [0.2, 0.25) is 0 Å². The van der Waals surface area contributed by atoms with Crippen LogP contribution in [0.4, 0.5) is 0 Å². The smallest absolute Gasteiger partial charge is 0.306 e. The third-order valence-corrected chi connectivity index (χ3v) is 12.1. The van der Waals surface area contributed by atoms with E-state index in [9.17, 15) is 14.4 Å². The number of unbranched alkanes of at least 4 members (excludes halogenated alkanes) is 19. The molecule has 0 N–H and O–H groups in total. The summed E-state index contributed by atoms with van der Waals surface area (Å²) in [5, 5.41) is 0. The van der Waals surface area contributed by atoms with E-state index in [1.807, 2.05) is 12.2 Å². The normalized spacial score (nSPS) is 13.1. The van der Waals surface area contributed by atoms with Crippen LogP contribution in [0.3, 0.4) is 0 Å². The first-order valence-electron chi connectivity index (χ1n) is 29.7. The average Bonchev–Trinajstić information content (AvgIpc) is 3.39. The van der Waals surface area contributed by atoms with E-state index in [2.05, 4.69) is 142 Å². The molecular weight excluding hydrogens is 901 g/mol. The van der Waals surface area contributed by atoms with Crippen LogP contribution < -0.4 is 0 Å². The number of ether oxygens (including phenoxy) is 3. The van der Waals surface area contributed by atoms with E-state index in [-0.39, 0.29) is 44.0 Å². The Bertz CT molecular complexity index is 1580. The SMILES string of the molecule is CC/C=C\C/C=C\C/C=C\C/C=C\C/C=C\CCCC(=O)OC(COC(=O)CC/C=C\C/C=C\C/C=C\C/C=C\CC)COC(=O)CCCCCCCCCCCCCCC/C=C\C/C=C\CCCCCCC. The highest BCUT2D eigenvalue weighted by molar-refractivity contribution is 5.71. The molecule has 0 heterocycles. The lowest BCUT2D eigenvalue weighted by atomic mass is 10.0. The summed E-state index contributed by atoms with van der Waals surface area (Å²) < 4.78 is 16.7. The molecule has 6 nitrogen and oxygen atoms in total. The molecule has 0 spiro atoms. The minimum absolute atomic E-state index is 0.127. The lowest BCUT2D eigenvalue weighted by molar-refractivity contribution is -0.166. The van der Waals surface area contributed by atoms with Crippen LogP contribution in [0.15, 0.2) is 134 Å². The lowest BCUT2D eigenvalue weighted by Gasteiger charge is -2.18. The molecule has 0 aliphatic rings. The van der Waals surface area contributed by atoms with Crippen LogP contribution in [0, 0.1) is 0 Å². The molecular formula is C67H108O6. The second kappa shape index (κ2) is 60.1. The predicted molar refractivity (Wildman–Crippen MR) is 316 cm³/mol. The molecule has 0 amide bonds. The van der Waals surface area contributed by atoms with Crippen LogP contribution in [-0.2, 0) is 28.6 Å². The molecule has 0 aromatic rings. The van der Waals surface area contributed by atoms with Crippen molar-refractivity contribution in [1.82, 2.24) is 0 Å². The van der Waals surface area contributed by atoms with Crippen LogP contribution >= 0.6 is 0 Å². The number of carbonyl (C=O) groups is 3. The molecule has 0 saturated carbocycles. The van der Waals surface area contributed by atoms with Gasteiger partial charge in [0.25, 0.3) is 0 Å². The van der Waals surface area contributed by atoms with Gasteiger partial charge < -0.3 is 14.2 Å². The maximum atomic E-state index is 12.8. The number of esters is 3. The van der Waals surface area contributed by atoms with Gasteiger partial charge in [-0.3, -0.25) is 14.4 Å². The monoisotopic (exact) mass is 1010 g/mol. The number of rotatable bonds is 52. The van der Waals surface area contributed by atoms with Crippen molar-refractivity contribution in [3.63, 3.8) is 0 Å². The summed E-state index contributed by atoms with van der Waals surface area (Å²) in [7, 11) is 0. The van der Waals surface area contributed by atoms with Gasteiger partial charge in [-0.2, -0.15) is 0 Å². The molecule has 0 bridgehead atoms. The molecule has 0 fully saturated rings. The molecule has 73 heavy (non-hydrogen) atoms. The zero-order valence-electron chi connectivity index (χ0n) is 47.1. The Morgan fingerprint density at radius 3 is 0.959 bits per heavy atom. The van der Waals surface area contributed by atoms with Crippen molar-refractivity contribution in [2.24, 2.45) is 0 Å². The molecule has 0 rings (SSSR count). The Hall–Kier alpha value is -4.45.